The molecule has 1 aliphatic heterocycles. The largest absolute Gasteiger partial charge is 0.326 e. The summed E-state index contributed by atoms with van der Waals surface area (Å²) in [7, 11) is 0. The second-order valence-corrected chi connectivity index (χ2v) is 7.48. The van der Waals surface area contributed by atoms with Gasteiger partial charge in [-0.15, -0.1) is 0 Å². The van der Waals surface area contributed by atoms with Crippen molar-refractivity contribution in [1.82, 2.24) is 0 Å². The van der Waals surface area contributed by atoms with Crippen LogP contribution in [0.3, 0.4) is 0 Å². The number of benzene rings is 2. The maximum absolute atomic E-state index is 12.6. The Balaban J connectivity index is 1.75. The Morgan fingerprint density at radius 1 is 1.23 bits per heavy atom. The van der Waals surface area contributed by atoms with Gasteiger partial charge < -0.3 is 10.2 Å². The van der Waals surface area contributed by atoms with Crippen molar-refractivity contribution in [1.29, 1.82) is 0 Å². The van der Waals surface area contributed by atoms with Crippen molar-refractivity contribution >= 4 is 34.8 Å². The fraction of sp³-hybridized carbons (Fsp3) is 0.333. The van der Waals surface area contributed by atoms with Crippen molar-refractivity contribution in [2.24, 2.45) is 5.92 Å². The van der Waals surface area contributed by atoms with E-state index in [1.165, 1.54) is 0 Å². The van der Waals surface area contributed by atoms with Gasteiger partial charge in [0.25, 0.3) is 0 Å². The van der Waals surface area contributed by atoms with Crippen LogP contribution in [0, 0.1) is 12.8 Å². The highest BCUT2D eigenvalue weighted by Gasteiger charge is 2.36. The summed E-state index contributed by atoms with van der Waals surface area (Å²) in [5.74, 6) is -0.229. The summed E-state index contributed by atoms with van der Waals surface area (Å²) in [6, 6.07) is 13.3. The Morgan fingerprint density at radius 2 is 1.96 bits per heavy atom. The van der Waals surface area contributed by atoms with Gasteiger partial charge in [0.15, 0.2) is 0 Å². The molecule has 1 heterocycles. The maximum Gasteiger partial charge on any atom is 0.229 e. The van der Waals surface area contributed by atoms with Gasteiger partial charge in [0.1, 0.15) is 0 Å². The normalized spacial score (nSPS) is 17.0. The third-order valence-corrected chi connectivity index (χ3v) is 5.19. The van der Waals surface area contributed by atoms with E-state index in [2.05, 4.69) is 19.2 Å². The molecule has 136 valence electrons. The quantitative estimate of drug-likeness (QED) is 0.843. The number of carbonyl (C=O) groups excluding carboxylic acids is 2. The Kier molecular flexibility index (Phi) is 5.33. The number of hydrogen-bond acceptors (Lipinski definition) is 2. The van der Waals surface area contributed by atoms with Crippen LogP contribution in [0.2, 0.25) is 5.02 Å². The number of nitrogens with one attached hydrogen (secondary N) is 1. The van der Waals surface area contributed by atoms with Crippen LogP contribution in [0.25, 0.3) is 0 Å². The Hall–Kier alpha value is -2.33. The van der Waals surface area contributed by atoms with E-state index < -0.39 is 0 Å². The molecular formula is C21H23ClN2O2. The predicted octanol–water partition coefficient (Wildman–Crippen LogP) is 4.76. The molecule has 1 N–H and O–H groups in total. The van der Waals surface area contributed by atoms with E-state index in [1.54, 1.807) is 11.0 Å². The first-order chi connectivity index (χ1) is 12.4. The molecule has 0 saturated carbocycles. The lowest BCUT2D eigenvalue weighted by molar-refractivity contribution is -0.122. The third-order valence-electron chi connectivity index (χ3n) is 4.78. The summed E-state index contributed by atoms with van der Waals surface area (Å²) in [5, 5.41) is 3.49. The zero-order valence-corrected chi connectivity index (χ0v) is 16.0. The van der Waals surface area contributed by atoms with Crippen LogP contribution in [-0.2, 0) is 9.59 Å². The van der Waals surface area contributed by atoms with Crippen molar-refractivity contribution < 1.29 is 9.59 Å². The number of halogens is 1. The molecule has 2 aromatic rings. The van der Waals surface area contributed by atoms with Gasteiger partial charge >= 0.3 is 0 Å². The van der Waals surface area contributed by atoms with Crippen LogP contribution in [0.4, 0.5) is 11.4 Å². The van der Waals surface area contributed by atoms with E-state index in [0.717, 1.165) is 16.8 Å². The van der Waals surface area contributed by atoms with Gasteiger partial charge in [-0.2, -0.15) is 0 Å². The minimum atomic E-state index is -0.372. The number of rotatable bonds is 4. The molecule has 0 aromatic heterocycles. The smallest absolute Gasteiger partial charge is 0.229 e. The molecule has 0 bridgehead atoms. The van der Waals surface area contributed by atoms with E-state index in [-0.39, 0.29) is 24.2 Å². The second kappa shape index (κ2) is 7.50. The van der Waals surface area contributed by atoms with Crippen molar-refractivity contribution in [2.75, 3.05) is 16.8 Å². The van der Waals surface area contributed by atoms with Crippen molar-refractivity contribution in [2.45, 2.75) is 33.1 Å². The fourth-order valence-corrected chi connectivity index (χ4v) is 3.43. The number of amides is 2. The molecular weight excluding hydrogens is 348 g/mol. The topological polar surface area (TPSA) is 49.4 Å². The maximum atomic E-state index is 12.6. The zero-order chi connectivity index (χ0) is 18.8. The van der Waals surface area contributed by atoms with E-state index in [1.807, 2.05) is 43.3 Å². The lowest BCUT2D eigenvalue weighted by atomic mass is 10.0. The van der Waals surface area contributed by atoms with Crippen LogP contribution in [-0.4, -0.2) is 18.4 Å². The van der Waals surface area contributed by atoms with Crippen molar-refractivity contribution in [3.05, 3.63) is 58.6 Å². The van der Waals surface area contributed by atoms with Crippen LogP contribution < -0.4 is 10.2 Å². The van der Waals surface area contributed by atoms with Gasteiger partial charge in [-0.05, 0) is 42.2 Å². The molecule has 0 aliphatic carbocycles. The minimum Gasteiger partial charge on any atom is -0.326 e. The number of nitrogens with zero attached hydrogens (tertiary/aromatic N) is 1. The highest BCUT2D eigenvalue weighted by Crippen LogP contribution is 2.32. The van der Waals surface area contributed by atoms with E-state index >= 15 is 0 Å². The Morgan fingerprint density at radius 3 is 2.65 bits per heavy atom. The third kappa shape index (κ3) is 3.75. The first kappa shape index (κ1) is 18.5. The Bertz CT molecular complexity index is 848. The molecule has 4 nitrogen and oxygen atoms in total. The van der Waals surface area contributed by atoms with Gasteiger partial charge in [-0.3, -0.25) is 9.59 Å². The van der Waals surface area contributed by atoms with Gasteiger partial charge in [0.05, 0.1) is 5.92 Å². The summed E-state index contributed by atoms with van der Waals surface area (Å²) in [6.45, 7) is 6.51. The van der Waals surface area contributed by atoms with Gasteiger partial charge in [-0.1, -0.05) is 49.7 Å². The van der Waals surface area contributed by atoms with Gasteiger partial charge in [0.2, 0.25) is 11.8 Å². The number of anilines is 2. The molecule has 0 spiro atoms. The highest BCUT2D eigenvalue weighted by molar-refractivity contribution is 6.31. The summed E-state index contributed by atoms with van der Waals surface area (Å²) in [5.41, 5.74) is 3.63. The average Bonchev–Trinajstić information content (AvgIpc) is 3.00. The molecule has 1 fully saturated rings. The molecule has 1 atom stereocenters. The van der Waals surface area contributed by atoms with E-state index in [9.17, 15) is 9.59 Å². The summed E-state index contributed by atoms with van der Waals surface area (Å²) in [4.78, 5) is 26.9. The predicted molar refractivity (Wildman–Crippen MR) is 106 cm³/mol. The van der Waals surface area contributed by atoms with E-state index in [4.69, 9.17) is 11.6 Å². The zero-order valence-electron chi connectivity index (χ0n) is 15.3. The molecule has 26 heavy (non-hydrogen) atoms. The minimum absolute atomic E-state index is 0.0137. The van der Waals surface area contributed by atoms with Gasteiger partial charge in [0, 0.05) is 29.4 Å². The van der Waals surface area contributed by atoms with E-state index in [0.29, 0.717) is 23.2 Å². The average molecular weight is 371 g/mol. The summed E-state index contributed by atoms with van der Waals surface area (Å²) < 4.78 is 0. The standard InChI is InChI=1S/C21H23ClN2O2/c1-13(2)17-6-4-5-7-19(17)24-12-15(10-20(24)25)21(26)23-16-9-8-14(3)18(22)11-16/h4-9,11,13,15H,10,12H2,1-3H3,(H,23,26). The first-order valence-electron chi connectivity index (χ1n) is 8.83. The monoisotopic (exact) mass is 370 g/mol. The van der Waals surface area contributed by atoms with Crippen LogP contribution in [0.1, 0.15) is 37.3 Å². The number of para-hydroxylation sites is 1. The lowest BCUT2D eigenvalue weighted by Crippen LogP contribution is -2.29. The molecule has 1 unspecified atom stereocenters. The summed E-state index contributed by atoms with van der Waals surface area (Å²) in [6.07, 6.45) is 0.220. The number of hydrogen-bond donors (Lipinski definition) is 1. The second-order valence-electron chi connectivity index (χ2n) is 7.07. The number of aryl methyl sites for hydroxylation is 1. The Labute approximate surface area is 159 Å². The molecule has 0 radical (unpaired) electrons. The fourth-order valence-electron chi connectivity index (χ4n) is 3.25. The molecule has 5 heteroatoms. The SMILES string of the molecule is Cc1ccc(NC(=O)C2CC(=O)N(c3ccccc3C(C)C)C2)cc1Cl. The molecule has 2 amide bonds. The van der Waals surface area contributed by atoms with Gasteiger partial charge in [-0.25, -0.2) is 0 Å². The van der Waals surface area contributed by atoms with Crippen LogP contribution >= 0.6 is 11.6 Å². The number of carbonyl (C=O) groups is 2. The van der Waals surface area contributed by atoms with Crippen molar-refractivity contribution in [3.8, 4) is 0 Å². The highest BCUT2D eigenvalue weighted by atomic mass is 35.5. The molecule has 1 aliphatic rings. The first-order valence-corrected chi connectivity index (χ1v) is 9.21. The lowest BCUT2D eigenvalue weighted by Gasteiger charge is -2.22. The van der Waals surface area contributed by atoms with Crippen molar-refractivity contribution in [3.63, 3.8) is 0 Å². The molecule has 2 aromatic carbocycles. The molecule has 1 saturated heterocycles. The van der Waals surface area contributed by atoms with Crippen LogP contribution in [0.5, 0.6) is 0 Å². The molecule has 3 rings (SSSR count). The summed E-state index contributed by atoms with van der Waals surface area (Å²) >= 11 is 6.12. The van der Waals surface area contributed by atoms with Crippen LogP contribution in [0.15, 0.2) is 42.5 Å².